The van der Waals surface area contributed by atoms with E-state index < -0.39 is 5.41 Å². The minimum absolute atomic E-state index is 0.555. The number of rotatable bonds is 9. The first-order valence-electron chi connectivity index (χ1n) is 23.8. The molecule has 1 aliphatic rings. The second-order valence-corrected chi connectivity index (χ2v) is 18.0. The third-order valence-electron chi connectivity index (χ3n) is 14.3. The first kappa shape index (κ1) is 40.3. The van der Waals surface area contributed by atoms with E-state index in [0.29, 0.717) is 0 Å². The van der Waals surface area contributed by atoms with Crippen LogP contribution in [0.4, 0.5) is 17.1 Å². The standard InChI is InChI=1S/C67H46N2/c1-5-20-47(21-6-1)48-36-41-54(42-37-48)68(53-26-11-4-12-27-53)55-43-38-49(39-44-55)56-28-13-14-29-57(56)50-40-45-60-59-31-16-18-34-63(59)69(65(60)46-50)64-35-19-32-61-58-30-15-17-33-62(58)67(66(61)64,51-22-7-2-8-23-51)52-24-9-3-10-25-52/h1-46H. The molecule has 0 spiro atoms. The van der Waals surface area contributed by atoms with E-state index in [1.165, 1.54) is 88.7 Å². The molecule has 1 aromatic heterocycles. The quantitative estimate of drug-likeness (QED) is 0.140. The normalized spacial score (nSPS) is 12.5. The number of fused-ring (bicyclic) bond motifs is 6. The predicted molar refractivity (Wildman–Crippen MR) is 289 cm³/mol. The Kier molecular flexibility index (Phi) is 9.77. The van der Waals surface area contributed by atoms with Crippen molar-refractivity contribution < 1.29 is 0 Å². The number of aromatic nitrogens is 1. The van der Waals surface area contributed by atoms with Crippen molar-refractivity contribution in [3.05, 3.63) is 301 Å². The van der Waals surface area contributed by atoms with Crippen LogP contribution in [-0.2, 0) is 5.41 Å². The van der Waals surface area contributed by atoms with Crippen LogP contribution in [0.2, 0.25) is 0 Å². The number of benzene rings is 11. The predicted octanol–water partition coefficient (Wildman–Crippen LogP) is 17.6. The summed E-state index contributed by atoms with van der Waals surface area (Å²) in [5, 5.41) is 2.46. The highest BCUT2D eigenvalue weighted by Crippen LogP contribution is 2.58. The summed E-state index contributed by atoms with van der Waals surface area (Å²) in [5.41, 5.74) is 21.1. The molecule has 11 aromatic carbocycles. The van der Waals surface area contributed by atoms with E-state index in [2.05, 4.69) is 289 Å². The zero-order chi connectivity index (χ0) is 45.7. The fourth-order valence-corrected chi connectivity index (χ4v) is 11.3. The first-order valence-corrected chi connectivity index (χ1v) is 23.8. The SMILES string of the molecule is c1ccc(-c2ccc(N(c3ccccc3)c3ccc(-c4ccccc4-c4ccc5c6ccccc6n(-c6cccc7c6C(c6ccccc6)(c6ccccc6)c6ccccc6-7)c5c4)cc3)cc2)cc1. The van der Waals surface area contributed by atoms with Crippen LogP contribution in [-0.4, -0.2) is 4.57 Å². The average Bonchev–Trinajstić information content (AvgIpc) is 3.93. The molecular formula is C67H46N2. The van der Waals surface area contributed by atoms with Gasteiger partial charge in [-0.05, 0) is 116 Å². The van der Waals surface area contributed by atoms with E-state index in [9.17, 15) is 0 Å². The summed E-state index contributed by atoms with van der Waals surface area (Å²) in [7, 11) is 0. The van der Waals surface area contributed by atoms with E-state index in [-0.39, 0.29) is 0 Å². The molecule has 0 atom stereocenters. The summed E-state index contributed by atoms with van der Waals surface area (Å²) >= 11 is 0. The summed E-state index contributed by atoms with van der Waals surface area (Å²) in [5.74, 6) is 0. The second kappa shape index (κ2) is 16.7. The highest BCUT2D eigenvalue weighted by Gasteiger charge is 2.48. The lowest BCUT2D eigenvalue weighted by atomic mass is 9.67. The zero-order valence-corrected chi connectivity index (χ0v) is 38.0. The van der Waals surface area contributed by atoms with Gasteiger partial charge >= 0.3 is 0 Å². The van der Waals surface area contributed by atoms with Gasteiger partial charge in [-0.3, -0.25) is 0 Å². The van der Waals surface area contributed by atoms with Crippen LogP contribution < -0.4 is 4.90 Å². The monoisotopic (exact) mass is 878 g/mol. The summed E-state index contributed by atoms with van der Waals surface area (Å²) in [6.07, 6.45) is 0. The number of hydrogen-bond acceptors (Lipinski definition) is 1. The maximum atomic E-state index is 2.54. The van der Waals surface area contributed by atoms with Gasteiger partial charge in [0.1, 0.15) is 0 Å². The molecule has 2 heteroatoms. The van der Waals surface area contributed by atoms with E-state index in [1.807, 2.05) is 0 Å². The molecule has 0 N–H and O–H groups in total. The Labute approximate surface area is 403 Å². The molecule has 0 radical (unpaired) electrons. The lowest BCUT2D eigenvalue weighted by molar-refractivity contribution is 0.762. The van der Waals surface area contributed by atoms with Crippen LogP contribution in [0.3, 0.4) is 0 Å². The lowest BCUT2D eigenvalue weighted by Gasteiger charge is -2.35. The van der Waals surface area contributed by atoms with Gasteiger partial charge < -0.3 is 9.47 Å². The van der Waals surface area contributed by atoms with Gasteiger partial charge in [-0.2, -0.15) is 0 Å². The van der Waals surface area contributed by atoms with Crippen LogP contribution in [0.25, 0.3) is 72.0 Å². The fraction of sp³-hybridized carbons (Fsp3) is 0.0149. The van der Waals surface area contributed by atoms with Crippen LogP contribution in [0.15, 0.2) is 279 Å². The van der Waals surface area contributed by atoms with E-state index >= 15 is 0 Å². The minimum Gasteiger partial charge on any atom is -0.311 e. The van der Waals surface area contributed by atoms with Crippen molar-refractivity contribution in [2.45, 2.75) is 5.41 Å². The van der Waals surface area contributed by atoms with Crippen molar-refractivity contribution in [1.29, 1.82) is 0 Å². The van der Waals surface area contributed by atoms with Crippen molar-refractivity contribution in [2.24, 2.45) is 0 Å². The van der Waals surface area contributed by atoms with Crippen LogP contribution in [0.1, 0.15) is 22.3 Å². The molecule has 0 unspecified atom stereocenters. The molecule has 13 rings (SSSR count). The van der Waals surface area contributed by atoms with Gasteiger partial charge in [0.25, 0.3) is 0 Å². The molecule has 0 fully saturated rings. The highest BCUT2D eigenvalue weighted by atomic mass is 15.1. The molecule has 69 heavy (non-hydrogen) atoms. The zero-order valence-electron chi connectivity index (χ0n) is 38.0. The van der Waals surface area contributed by atoms with Crippen LogP contribution in [0.5, 0.6) is 0 Å². The third kappa shape index (κ3) is 6.56. The summed E-state index contributed by atoms with van der Waals surface area (Å²) < 4.78 is 2.54. The summed E-state index contributed by atoms with van der Waals surface area (Å²) in [4.78, 5) is 2.33. The van der Waals surface area contributed by atoms with Gasteiger partial charge in [-0.1, -0.05) is 224 Å². The van der Waals surface area contributed by atoms with Gasteiger partial charge in [0, 0.05) is 33.4 Å². The molecule has 12 aromatic rings. The Balaban J connectivity index is 0.958. The van der Waals surface area contributed by atoms with Crippen molar-refractivity contribution in [2.75, 3.05) is 4.90 Å². The maximum Gasteiger partial charge on any atom is 0.0734 e. The number of nitrogens with zero attached hydrogens (tertiary/aromatic N) is 2. The van der Waals surface area contributed by atoms with Gasteiger partial charge in [0.2, 0.25) is 0 Å². The molecule has 0 aliphatic heterocycles. The summed E-state index contributed by atoms with van der Waals surface area (Å²) in [6.45, 7) is 0. The molecule has 2 nitrogen and oxygen atoms in total. The fourth-order valence-electron chi connectivity index (χ4n) is 11.3. The van der Waals surface area contributed by atoms with Crippen molar-refractivity contribution in [1.82, 2.24) is 4.57 Å². The smallest absolute Gasteiger partial charge is 0.0734 e. The van der Waals surface area contributed by atoms with E-state index in [4.69, 9.17) is 0 Å². The van der Waals surface area contributed by atoms with E-state index in [1.54, 1.807) is 0 Å². The van der Waals surface area contributed by atoms with Gasteiger partial charge in [0.05, 0.1) is 22.1 Å². The first-order chi connectivity index (χ1) is 34.3. The van der Waals surface area contributed by atoms with E-state index in [0.717, 1.165) is 22.6 Å². The number of para-hydroxylation sites is 2. The molecule has 1 heterocycles. The largest absolute Gasteiger partial charge is 0.311 e. The molecular weight excluding hydrogens is 833 g/mol. The lowest BCUT2D eigenvalue weighted by Crippen LogP contribution is -2.29. The van der Waals surface area contributed by atoms with Crippen molar-refractivity contribution in [3.63, 3.8) is 0 Å². The molecule has 0 amide bonds. The Hall–Kier alpha value is -8.98. The molecule has 0 saturated carbocycles. The highest BCUT2D eigenvalue weighted by molar-refractivity contribution is 6.11. The summed E-state index contributed by atoms with van der Waals surface area (Å²) in [6, 6.07) is 102. The Morgan fingerprint density at radius 2 is 0.754 bits per heavy atom. The van der Waals surface area contributed by atoms with Gasteiger partial charge in [-0.15, -0.1) is 0 Å². The third-order valence-corrected chi connectivity index (χ3v) is 14.3. The molecule has 324 valence electrons. The topological polar surface area (TPSA) is 8.17 Å². The molecule has 1 aliphatic carbocycles. The average molecular weight is 879 g/mol. The molecule has 0 bridgehead atoms. The Morgan fingerprint density at radius 3 is 1.42 bits per heavy atom. The van der Waals surface area contributed by atoms with Gasteiger partial charge in [0.15, 0.2) is 0 Å². The second-order valence-electron chi connectivity index (χ2n) is 18.0. The maximum absolute atomic E-state index is 2.54. The number of hydrogen-bond donors (Lipinski definition) is 0. The van der Waals surface area contributed by atoms with Crippen molar-refractivity contribution >= 4 is 38.9 Å². The Bertz CT molecular complexity index is 3760. The number of anilines is 3. The van der Waals surface area contributed by atoms with Crippen LogP contribution in [0, 0.1) is 0 Å². The molecule has 0 saturated heterocycles. The van der Waals surface area contributed by atoms with Gasteiger partial charge in [-0.25, -0.2) is 0 Å². The Morgan fingerprint density at radius 1 is 0.290 bits per heavy atom. The van der Waals surface area contributed by atoms with Crippen molar-refractivity contribution in [3.8, 4) is 50.2 Å². The van der Waals surface area contributed by atoms with Crippen LogP contribution >= 0.6 is 0 Å². The minimum atomic E-state index is -0.555.